The van der Waals surface area contributed by atoms with E-state index in [-0.39, 0.29) is 5.92 Å². The number of aryl methyl sites for hydroxylation is 2. The Balaban J connectivity index is 0.899. The molecule has 314 valence electrons. The fourth-order valence-corrected chi connectivity index (χ4v) is 10.2. The van der Waals surface area contributed by atoms with Crippen LogP contribution in [-0.2, 0) is 0 Å². The van der Waals surface area contributed by atoms with Crippen LogP contribution in [0.5, 0.6) is 0 Å². The van der Waals surface area contributed by atoms with Crippen molar-refractivity contribution < 1.29 is 0 Å². The van der Waals surface area contributed by atoms with Gasteiger partial charge in [-0.05, 0) is 150 Å². The zero-order valence-corrected chi connectivity index (χ0v) is 37.0. The maximum absolute atomic E-state index is 2.39. The Morgan fingerprint density at radius 2 is 0.788 bits per heavy atom. The van der Waals surface area contributed by atoms with Crippen LogP contribution >= 0.6 is 0 Å². The average molecular weight is 846 g/mol. The summed E-state index contributed by atoms with van der Waals surface area (Å²) in [6, 6.07) is 88.9. The molecule has 0 saturated heterocycles. The van der Waals surface area contributed by atoms with Gasteiger partial charge in [0.1, 0.15) is 0 Å². The zero-order valence-electron chi connectivity index (χ0n) is 37.0. The van der Waals surface area contributed by atoms with E-state index < -0.39 is 0 Å². The Labute approximate surface area is 386 Å². The molecule has 0 N–H and O–H groups in total. The normalized spacial score (nSPS) is 12.8. The molecule has 11 aromatic rings. The molecule has 0 spiro atoms. The number of rotatable bonds is 9. The number of anilines is 6. The number of fused-ring (bicyclic) bond motifs is 6. The van der Waals surface area contributed by atoms with Crippen LogP contribution in [0.3, 0.4) is 0 Å². The summed E-state index contributed by atoms with van der Waals surface area (Å²) in [7, 11) is 0. The number of hydrogen-bond donors (Lipinski definition) is 0. The highest BCUT2D eigenvalue weighted by Gasteiger charge is 2.30. The van der Waals surface area contributed by atoms with E-state index in [9.17, 15) is 0 Å². The lowest BCUT2D eigenvalue weighted by molar-refractivity contribution is 1.01. The van der Waals surface area contributed by atoms with Gasteiger partial charge in [-0.2, -0.15) is 0 Å². The van der Waals surface area contributed by atoms with Gasteiger partial charge in [-0.3, -0.25) is 0 Å². The van der Waals surface area contributed by atoms with E-state index in [1.54, 1.807) is 0 Å². The molecular formula is C63H47N3. The summed E-state index contributed by atoms with van der Waals surface area (Å²) >= 11 is 0. The SMILES string of the molecule is Cc1ccc(N(c2ccc(-c3ccc(N(c4ccc(C)cc4)c4ccc5c(c4)c4ccccc4n5-c4ccccc4)cc3)cc2)c2ccc3c(c2)-c2ccccc2C3c2ccccc2)cc1. The molecule has 0 bridgehead atoms. The van der Waals surface area contributed by atoms with Crippen LogP contribution in [-0.4, -0.2) is 4.57 Å². The van der Waals surface area contributed by atoms with Gasteiger partial charge in [0, 0.05) is 56.5 Å². The number of benzene rings is 10. The molecule has 0 amide bonds. The Morgan fingerprint density at radius 3 is 1.41 bits per heavy atom. The average Bonchev–Trinajstić information content (AvgIpc) is 3.89. The van der Waals surface area contributed by atoms with E-state index in [4.69, 9.17) is 0 Å². The first-order valence-electron chi connectivity index (χ1n) is 22.9. The molecule has 0 radical (unpaired) electrons. The van der Waals surface area contributed by atoms with Crippen molar-refractivity contribution in [2.45, 2.75) is 19.8 Å². The predicted molar refractivity (Wildman–Crippen MR) is 278 cm³/mol. The van der Waals surface area contributed by atoms with E-state index in [0.717, 1.165) is 39.8 Å². The summed E-state index contributed by atoms with van der Waals surface area (Å²) in [5.41, 5.74) is 21.7. The van der Waals surface area contributed by atoms with E-state index in [1.807, 2.05) is 0 Å². The van der Waals surface area contributed by atoms with Crippen LogP contribution in [0.15, 0.2) is 243 Å². The van der Waals surface area contributed by atoms with Crippen LogP contribution < -0.4 is 9.80 Å². The fraction of sp³-hybridized carbons (Fsp3) is 0.0476. The van der Waals surface area contributed by atoms with Crippen LogP contribution in [0.2, 0.25) is 0 Å². The second-order valence-corrected chi connectivity index (χ2v) is 17.5. The summed E-state index contributed by atoms with van der Waals surface area (Å²) < 4.78 is 2.37. The first kappa shape index (κ1) is 39.2. The van der Waals surface area contributed by atoms with Crippen molar-refractivity contribution in [3.05, 3.63) is 270 Å². The van der Waals surface area contributed by atoms with E-state index in [1.165, 1.54) is 71.9 Å². The summed E-state index contributed by atoms with van der Waals surface area (Å²) in [6.45, 7) is 4.29. The first-order valence-corrected chi connectivity index (χ1v) is 22.9. The second kappa shape index (κ2) is 16.3. The molecule has 3 heteroatoms. The van der Waals surface area contributed by atoms with E-state index in [2.05, 4.69) is 271 Å². The standard InChI is InChI=1S/C63H47N3/c1-43-21-29-49(30-22-43)64(53-37-39-58-59(41-53)55-17-9-10-19-57(55)63(58)47-13-5-3-6-14-47)51-33-25-45(26-34-51)46-27-35-52(36-28-46)65(50-31-23-44(2)24-32-50)54-38-40-62-60(42-54)56-18-11-12-20-61(56)66(62)48-15-7-4-8-16-48/h3-42,63H,1-2H3. The largest absolute Gasteiger partial charge is 0.310 e. The maximum atomic E-state index is 2.39. The van der Waals surface area contributed by atoms with Gasteiger partial charge < -0.3 is 14.4 Å². The second-order valence-electron chi connectivity index (χ2n) is 17.5. The van der Waals surface area contributed by atoms with Gasteiger partial charge in [0.25, 0.3) is 0 Å². The van der Waals surface area contributed by atoms with Crippen molar-refractivity contribution >= 4 is 55.9 Å². The summed E-state index contributed by atoms with van der Waals surface area (Å²) in [5.74, 6) is 0.214. The highest BCUT2D eigenvalue weighted by molar-refractivity contribution is 6.10. The lowest BCUT2D eigenvalue weighted by Crippen LogP contribution is -2.10. The lowest BCUT2D eigenvalue weighted by Gasteiger charge is -2.27. The molecule has 12 rings (SSSR count). The monoisotopic (exact) mass is 845 g/mol. The molecule has 1 heterocycles. The van der Waals surface area contributed by atoms with Gasteiger partial charge in [-0.15, -0.1) is 0 Å². The molecule has 0 fully saturated rings. The van der Waals surface area contributed by atoms with Gasteiger partial charge in [0.2, 0.25) is 0 Å². The van der Waals surface area contributed by atoms with Crippen molar-refractivity contribution in [3.8, 4) is 27.9 Å². The van der Waals surface area contributed by atoms with Gasteiger partial charge in [0.05, 0.1) is 11.0 Å². The van der Waals surface area contributed by atoms with Crippen molar-refractivity contribution in [3.63, 3.8) is 0 Å². The Hall–Kier alpha value is -8.40. The fourth-order valence-electron chi connectivity index (χ4n) is 10.2. The van der Waals surface area contributed by atoms with Crippen molar-refractivity contribution in [2.75, 3.05) is 9.80 Å². The first-order chi connectivity index (χ1) is 32.6. The molecule has 1 aliphatic rings. The molecule has 10 aromatic carbocycles. The molecular weight excluding hydrogens is 799 g/mol. The minimum Gasteiger partial charge on any atom is -0.310 e. The van der Waals surface area contributed by atoms with Crippen molar-refractivity contribution in [2.24, 2.45) is 0 Å². The molecule has 1 unspecified atom stereocenters. The Kier molecular flexibility index (Phi) is 9.69. The minimum atomic E-state index is 0.214. The Morgan fingerprint density at radius 1 is 0.333 bits per heavy atom. The third-order valence-electron chi connectivity index (χ3n) is 13.4. The topological polar surface area (TPSA) is 11.4 Å². The smallest absolute Gasteiger partial charge is 0.0542 e. The maximum Gasteiger partial charge on any atom is 0.0542 e. The number of hydrogen-bond acceptors (Lipinski definition) is 2. The molecule has 1 aliphatic carbocycles. The number of para-hydroxylation sites is 2. The molecule has 66 heavy (non-hydrogen) atoms. The minimum absolute atomic E-state index is 0.214. The van der Waals surface area contributed by atoms with Crippen LogP contribution in [0.1, 0.15) is 33.7 Å². The molecule has 0 saturated carbocycles. The van der Waals surface area contributed by atoms with Gasteiger partial charge in [-0.1, -0.05) is 157 Å². The van der Waals surface area contributed by atoms with Crippen molar-refractivity contribution in [1.29, 1.82) is 0 Å². The predicted octanol–water partition coefficient (Wildman–Crippen LogP) is 17.2. The third-order valence-corrected chi connectivity index (χ3v) is 13.4. The number of aromatic nitrogens is 1. The highest BCUT2D eigenvalue weighted by Crippen LogP contribution is 2.50. The van der Waals surface area contributed by atoms with Gasteiger partial charge in [-0.25, -0.2) is 0 Å². The van der Waals surface area contributed by atoms with E-state index in [0.29, 0.717) is 0 Å². The van der Waals surface area contributed by atoms with Gasteiger partial charge >= 0.3 is 0 Å². The third kappa shape index (κ3) is 6.85. The summed E-state index contributed by atoms with van der Waals surface area (Å²) in [4.78, 5) is 4.76. The van der Waals surface area contributed by atoms with Crippen LogP contribution in [0, 0.1) is 13.8 Å². The summed E-state index contributed by atoms with van der Waals surface area (Å²) in [6.07, 6.45) is 0. The van der Waals surface area contributed by atoms with Crippen LogP contribution in [0.25, 0.3) is 49.7 Å². The zero-order chi connectivity index (χ0) is 44.1. The highest BCUT2D eigenvalue weighted by atomic mass is 15.1. The van der Waals surface area contributed by atoms with E-state index >= 15 is 0 Å². The number of nitrogens with zero attached hydrogens (tertiary/aromatic N) is 3. The van der Waals surface area contributed by atoms with Crippen molar-refractivity contribution in [1.82, 2.24) is 4.57 Å². The molecule has 0 aliphatic heterocycles. The Bertz CT molecular complexity index is 3520. The lowest BCUT2D eigenvalue weighted by atomic mass is 9.89. The molecule has 3 nitrogen and oxygen atoms in total. The van der Waals surface area contributed by atoms with Crippen LogP contribution in [0.4, 0.5) is 34.1 Å². The molecule has 1 aromatic heterocycles. The van der Waals surface area contributed by atoms with Gasteiger partial charge in [0.15, 0.2) is 0 Å². The quantitative estimate of drug-likeness (QED) is 0.143. The molecule has 1 atom stereocenters. The summed E-state index contributed by atoms with van der Waals surface area (Å²) in [5, 5.41) is 2.46.